The second kappa shape index (κ2) is 8.65. The molecule has 0 spiro atoms. The predicted octanol–water partition coefficient (Wildman–Crippen LogP) is 3.51. The number of benzene rings is 1. The van der Waals surface area contributed by atoms with Gasteiger partial charge in [-0.2, -0.15) is 5.26 Å². The molecule has 1 aromatic carbocycles. The van der Waals surface area contributed by atoms with E-state index in [1.54, 1.807) is 14.2 Å². The lowest BCUT2D eigenvalue weighted by atomic mass is 9.90. The van der Waals surface area contributed by atoms with E-state index in [-0.39, 0.29) is 5.41 Å². The van der Waals surface area contributed by atoms with Gasteiger partial charge in [0, 0.05) is 6.54 Å². The minimum atomic E-state index is -0.218. The van der Waals surface area contributed by atoms with Crippen molar-refractivity contribution in [2.24, 2.45) is 5.41 Å². The van der Waals surface area contributed by atoms with Crippen LogP contribution < -0.4 is 9.47 Å². The molecule has 0 radical (unpaired) electrons. The van der Waals surface area contributed by atoms with Crippen LogP contribution in [0.25, 0.3) is 0 Å². The Bertz CT molecular complexity index is 506. The summed E-state index contributed by atoms with van der Waals surface area (Å²) >= 11 is 0. The summed E-state index contributed by atoms with van der Waals surface area (Å²) in [5.74, 6) is 1.54. The van der Waals surface area contributed by atoms with E-state index in [1.165, 1.54) is 5.56 Å². The number of hydrogen-bond acceptors (Lipinski definition) is 4. The standard InChI is InChI=1S/C18H28N2O2/c1-18(2,14-19)10-6-11-20(3)12-9-15-7-8-16(21-4)17(13-15)22-5/h7-8,13H,6,9-12H2,1-5H3. The number of methoxy groups -OCH3 is 2. The lowest BCUT2D eigenvalue weighted by Crippen LogP contribution is -2.23. The van der Waals surface area contributed by atoms with Crippen molar-refractivity contribution in [1.82, 2.24) is 4.90 Å². The molecule has 4 nitrogen and oxygen atoms in total. The fraction of sp³-hybridized carbons (Fsp3) is 0.611. The number of rotatable bonds is 9. The van der Waals surface area contributed by atoms with Gasteiger partial charge in [-0.25, -0.2) is 0 Å². The highest BCUT2D eigenvalue weighted by molar-refractivity contribution is 5.42. The minimum Gasteiger partial charge on any atom is -0.493 e. The van der Waals surface area contributed by atoms with Crippen molar-refractivity contribution in [1.29, 1.82) is 5.26 Å². The highest BCUT2D eigenvalue weighted by Gasteiger charge is 2.16. The highest BCUT2D eigenvalue weighted by atomic mass is 16.5. The Hall–Kier alpha value is -1.73. The van der Waals surface area contributed by atoms with E-state index in [0.29, 0.717) is 0 Å². The summed E-state index contributed by atoms with van der Waals surface area (Å²) in [6, 6.07) is 8.41. The number of nitriles is 1. The third-order valence-corrected chi connectivity index (χ3v) is 3.87. The second-order valence-electron chi connectivity index (χ2n) is 6.34. The van der Waals surface area contributed by atoms with Gasteiger partial charge in [0.1, 0.15) is 0 Å². The quantitative estimate of drug-likeness (QED) is 0.700. The van der Waals surface area contributed by atoms with E-state index in [2.05, 4.69) is 24.1 Å². The molecule has 0 aliphatic heterocycles. The molecule has 0 atom stereocenters. The average molecular weight is 304 g/mol. The van der Waals surface area contributed by atoms with E-state index in [1.807, 2.05) is 26.0 Å². The Morgan fingerprint density at radius 2 is 1.82 bits per heavy atom. The molecule has 0 aromatic heterocycles. The molecule has 22 heavy (non-hydrogen) atoms. The molecule has 0 aliphatic rings. The minimum absolute atomic E-state index is 0.218. The third kappa shape index (κ3) is 5.95. The van der Waals surface area contributed by atoms with Gasteiger partial charge in [0.2, 0.25) is 0 Å². The molecule has 0 aliphatic carbocycles. The number of ether oxygens (including phenoxy) is 2. The molecule has 0 heterocycles. The van der Waals surface area contributed by atoms with Crippen LogP contribution in [0.1, 0.15) is 32.3 Å². The first-order valence-electron chi connectivity index (χ1n) is 7.72. The van der Waals surface area contributed by atoms with Crippen LogP contribution in [-0.4, -0.2) is 39.3 Å². The lowest BCUT2D eigenvalue weighted by molar-refractivity contribution is 0.307. The smallest absolute Gasteiger partial charge is 0.160 e. The molecule has 0 amide bonds. The molecule has 1 aromatic rings. The van der Waals surface area contributed by atoms with Crippen molar-refractivity contribution < 1.29 is 9.47 Å². The Morgan fingerprint density at radius 3 is 2.41 bits per heavy atom. The Kier molecular flexibility index (Phi) is 7.20. The highest BCUT2D eigenvalue weighted by Crippen LogP contribution is 2.27. The summed E-state index contributed by atoms with van der Waals surface area (Å²) in [4.78, 5) is 2.31. The first kappa shape index (κ1) is 18.3. The van der Waals surface area contributed by atoms with Gasteiger partial charge in [0.25, 0.3) is 0 Å². The first-order valence-corrected chi connectivity index (χ1v) is 7.72. The molecule has 122 valence electrons. The molecular weight excluding hydrogens is 276 g/mol. The van der Waals surface area contributed by atoms with Gasteiger partial charge in [-0.05, 0) is 64.4 Å². The van der Waals surface area contributed by atoms with Crippen LogP contribution in [0.15, 0.2) is 18.2 Å². The van der Waals surface area contributed by atoms with Crippen molar-refractivity contribution in [3.8, 4) is 17.6 Å². The third-order valence-electron chi connectivity index (χ3n) is 3.87. The second-order valence-corrected chi connectivity index (χ2v) is 6.34. The van der Waals surface area contributed by atoms with E-state index in [4.69, 9.17) is 14.7 Å². The Balaban J connectivity index is 2.41. The zero-order valence-electron chi connectivity index (χ0n) is 14.5. The monoisotopic (exact) mass is 304 g/mol. The SMILES string of the molecule is COc1ccc(CCN(C)CCCC(C)(C)C#N)cc1OC. The first-order chi connectivity index (χ1) is 10.4. The molecular formula is C18H28N2O2. The van der Waals surface area contributed by atoms with Gasteiger partial charge in [0.15, 0.2) is 11.5 Å². The largest absolute Gasteiger partial charge is 0.493 e. The van der Waals surface area contributed by atoms with E-state index in [0.717, 1.165) is 43.9 Å². The maximum Gasteiger partial charge on any atom is 0.160 e. The van der Waals surface area contributed by atoms with Crippen molar-refractivity contribution in [3.05, 3.63) is 23.8 Å². The Labute approximate surface area is 134 Å². The van der Waals surface area contributed by atoms with Gasteiger partial charge < -0.3 is 14.4 Å². The summed E-state index contributed by atoms with van der Waals surface area (Å²) in [6.45, 7) is 5.99. The topological polar surface area (TPSA) is 45.5 Å². The number of nitrogens with zero attached hydrogens (tertiary/aromatic N) is 2. The summed E-state index contributed by atoms with van der Waals surface area (Å²) in [5.41, 5.74) is 1.02. The molecule has 0 unspecified atom stereocenters. The van der Waals surface area contributed by atoms with Crippen molar-refractivity contribution in [2.45, 2.75) is 33.1 Å². The Morgan fingerprint density at radius 1 is 1.14 bits per heavy atom. The predicted molar refractivity (Wildman–Crippen MR) is 89.4 cm³/mol. The molecule has 1 rings (SSSR count). The van der Waals surface area contributed by atoms with Crippen LogP contribution in [0.4, 0.5) is 0 Å². The summed E-state index contributed by atoms with van der Waals surface area (Å²) < 4.78 is 10.6. The fourth-order valence-corrected chi connectivity index (χ4v) is 2.31. The van der Waals surface area contributed by atoms with Gasteiger partial charge in [-0.3, -0.25) is 0 Å². The van der Waals surface area contributed by atoms with Crippen LogP contribution in [0.2, 0.25) is 0 Å². The fourth-order valence-electron chi connectivity index (χ4n) is 2.31. The van der Waals surface area contributed by atoms with Gasteiger partial charge in [-0.1, -0.05) is 6.07 Å². The van der Waals surface area contributed by atoms with Crippen LogP contribution in [-0.2, 0) is 6.42 Å². The van der Waals surface area contributed by atoms with Crippen molar-refractivity contribution >= 4 is 0 Å². The molecule has 4 heteroatoms. The average Bonchev–Trinajstić information content (AvgIpc) is 2.52. The van der Waals surface area contributed by atoms with Gasteiger partial charge in [0.05, 0.1) is 25.7 Å². The van der Waals surface area contributed by atoms with Crippen LogP contribution in [0, 0.1) is 16.7 Å². The van der Waals surface area contributed by atoms with Gasteiger partial charge >= 0.3 is 0 Å². The molecule has 0 saturated carbocycles. The maximum atomic E-state index is 9.02. The number of hydrogen-bond donors (Lipinski definition) is 0. The molecule has 0 fully saturated rings. The van der Waals surface area contributed by atoms with Crippen LogP contribution in [0.5, 0.6) is 11.5 Å². The number of likely N-dealkylation sites (N-methyl/N-ethyl adjacent to an activating group) is 1. The van der Waals surface area contributed by atoms with E-state index >= 15 is 0 Å². The summed E-state index contributed by atoms with van der Waals surface area (Å²) in [6.07, 6.45) is 2.95. The molecule has 0 bridgehead atoms. The van der Waals surface area contributed by atoms with Crippen LogP contribution >= 0.6 is 0 Å². The molecule has 0 saturated heterocycles. The normalized spacial score (nSPS) is 11.3. The lowest BCUT2D eigenvalue weighted by Gasteiger charge is -2.20. The zero-order chi connectivity index (χ0) is 16.6. The van der Waals surface area contributed by atoms with Crippen molar-refractivity contribution in [2.75, 3.05) is 34.4 Å². The van der Waals surface area contributed by atoms with Gasteiger partial charge in [-0.15, -0.1) is 0 Å². The maximum absolute atomic E-state index is 9.02. The summed E-state index contributed by atoms with van der Waals surface area (Å²) in [7, 11) is 5.43. The van der Waals surface area contributed by atoms with E-state index < -0.39 is 0 Å². The van der Waals surface area contributed by atoms with Crippen molar-refractivity contribution in [3.63, 3.8) is 0 Å². The molecule has 0 N–H and O–H groups in total. The zero-order valence-corrected chi connectivity index (χ0v) is 14.5. The summed E-state index contributed by atoms with van der Waals surface area (Å²) in [5, 5.41) is 9.02. The van der Waals surface area contributed by atoms with Crippen LogP contribution in [0.3, 0.4) is 0 Å². The van der Waals surface area contributed by atoms with E-state index in [9.17, 15) is 0 Å².